The van der Waals surface area contributed by atoms with Crippen molar-refractivity contribution in [2.24, 2.45) is 5.92 Å². The van der Waals surface area contributed by atoms with Gasteiger partial charge >= 0.3 is 5.97 Å². The standard InChI is InChI=1S/C21H24O2/c1-2-3-6-15-18-19(16-11-7-4-8-12-16)20(23-21(18)22)17-13-9-5-10-14-17/h4-5,7-14,18-20H,2-3,6,15H2,1H3/t18-,19+,20+/m1/s1. The molecule has 0 bridgehead atoms. The number of rotatable bonds is 6. The fraction of sp³-hybridized carbons (Fsp3) is 0.381. The molecule has 0 aliphatic carbocycles. The highest BCUT2D eigenvalue weighted by molar-refractivity contribution is 5.77. The van der Waals surface area contributed by atoms with Gasteiger partial charge in [0.05, 0.1) is 5.92 Å². The fourth-order valence-corrected chi connectivity index (χ4v) is 3.56. The maximum Gasteiger partial charge on any atom is 0.310 e. The van der Waals surface area contributed by atoms with Gasteiger partial charge in [0.25, 0.3) is 0 Å². The molecule has 2 nitrogen and oxygen atoms in total. The van der Waals surface area contributed by atoms with E-state index >= 15 is 0 Å². The SMILES string of the molecule is CCCCC[C@H]1C(=O)O[C@@H](c2ccccc2)[C@H]1c1ccccc1. The van der Waals surface area contributed by atoms with Crippen molar-refractivity contribution in [3.8, 4) is 0 Å². The van der Waals surface area contributed by atoms with Crippen LogP contribution in [0.4, 0.5) is 0 Å². The Bertz CT molecular complexity index is 621. The smallest absolute Gasteiger partial charge is 0.310 e. The Labute approximate surface area is 138 Å². The Morgan fingerprint density at radius 3 is 2.09 bits per heavy atom. The van der Waals surface area contributed by atoms with Crippen LogP contribution in [-0.4, -0.2) is 5.97 Å². The molecule has 1 saturated heterocycles. The summed E-state index contributed by atoms with van der Waals surface area (Å²) in [6, 6.07) is 20.5. The van der Waals surface area contributed by atoms with Crippen LogP contribution in [0, 0.1) is 5.92 Å². The summed E-state index contributed by atoms with van der Waals surface area (Å²) in [7, 11) is 0. The van der Waals surface area contributed by atoms with E-state index in [1.807, 2.05) is 36.4 Å². The molecule has 0 saturated carbocycles. The number of cyclic esters (lactones) is 1. The van der Waals surface area contributed by atoms with E-state index in [-0.39, 0.29) is 23.9 Å². The molecule has 1 fully saturated rings. The summed E-state index contributed by atoms with van der Waals surface area (Å²) >= 11 is 0. The molecule has 0 unspecified atom stereocenters. The van der Waals surface area contributed by atoms with E-state index in [4.69, 9.17) is 4.74 Å². The highest BCUT2D eigenvalue weighted by atomic mass is 16.6. The number of ether oxygens (including phenoxy) is 1. The van der Waals surface area contributed by atoms with E-state index in [1.165, 1.54) is 18.4 Å². The average molecular weight is 308 g/mol. The first-order valence-corrected chi connectivity index (χ1v) is 8.61. The zero-order chi connectivity index (χ0) is 16.1. The van der Waals surface area contributed by atoms with Gasteiger partial charge in [-0.1, -0.05) is 86.8 Å². The van der Waals surface area contributed by atoms with Gasteiger partial charge < -0.3 is 4.74 Å². The number of esters is 1. The topological polar surface area (TPSA) is 26.3 Å². The van der Waals surface area contributed by atoms with E-state index in [0.29, 0.717) is 0 Å². The van der Waals surface area contributed by atoms with Gasteiger partial charge in [-0.3, -0.25) is 4.79 Å². The number of hydrogen-bond donors (Lipinski definition) is 0. The third-order valence-corrected chi connectivity index (χ3v) is 4.74. The Kier molecular flexibility index (Phi) is 5.12. The molecule has 2 heteroatoms. The number of carbonyl (C=O) groups excluding carboxylic acids is 1. The summed E-state index contributed by atoms with van der Waals surface area (Å²) in [5.41, 5.74) is 2.29. The summed E-state index contributed by atoms with van der Waals surface area (Å²) in [5, 5.41) is 0. The van der Waals surface area contributed by atoms with Gasteiger partial charge in [-0.25, -0.2) is 0 Å². The van der Waals surface area contributed by atoms with Crippen molar-refractivity contribution in [1.29, 1.82) is 0 Å². The molecule has 0 radical (unpaired) electrons. The van der Waals surface area contributed by atoms with Gasteiger partial charge in [0.2, 0.25) is 0 Å². The van der Waals surface area contributed by atoms with Crippen molar-refractivity contribution in [3.05, 3.63) is 71.8 Å². The first-order valence-electron chi connectivity index (χ1n) is 8.61. The summed E-state index contributed by atoms with van der Waals surface area (Å²) < 4.78 is 5.82. The molecule has 0 aromatic heterocycles. The molecule has 0 N–H and O–H groups in total. The van der Waals surface area contributed by atoms with Gasteiger partial charge in [-0.05, 0) is 17.5 Å². The first kappa shape index (κ1) is 15.8. The van der Waals surface area contributed by atoms with Crippen molar-refractivity contribution >= 4 is 5.97 Å². The van der Waals surface area contributed by atoms with Crippen LogP contribution in [0.1, 0.15) is 55.8 Å². The zero-order valence-corrected chi connectivity index (χ0v) is 13.7. The van der Waals surface area contributed by atoms with Crippen molar-refractivity contribution in [1.82, 2.24) is 0 Å². The Hall–Kier alpha value is -2.09. The predicted octanol–water partition coefficient (Wildman–Crippen LogP) is 5.26. The maximum absolute atomic E-state index is 12.5. The number of carbonyl (C=O) groups is 1. The highest BCUT2D eigenvalue weighted by Gasteiger charge is 2.45. The van der Waals surface area contributed by atoms with Crippen LogP contribution in [-0.2, 0) is 9.53 Å². The molecule has 0 amide bonds. The molecule has 1 aliphatic heterocycles. The second kappa shape index (κ2) is 7.45. The lowest BCUT2D eigenvalue weighted by molar-refractivity contribution is -0.144. The second-order valence-electron chi connectivity index (χ2n) is 6.31. The first-order chi connectivity index (χ1) is 11.3. The summed E-state index contributed by atoms with van der Waals surface area (Å²) in [5.74, 6) is 0.0425. The van der Waals surface area contributed by atoms with Gasteiger partial charge in [0.15, 0.2) is 0 Å². The summed E-state index contributed by atoms with van der Waals surface area (Å²) in [4.78, 5) is 12.5. The third kappa shape index (κ3) is 3.47. The molecule has 120 valence electrons. The molecule has 0 spiro atoms. The normalized spacial score (nSPS) is 23.7. The fourth-order valence-electron chi connectivity index (χ4n) is 3.56. The van der Waals surface area contributed by atoms with Crippen molar-refractivity contribution in [3.63, 3.8) is 0 Å². The quantitative estimate of drug-likeness (QED) is 0.537. The van der Waals surface area contributed by atoms with E-state index in [9.17, 15) is 4.79 Å². The molecule has 23 heavy (non-hydrogen) atoms. The van der Waals surface area contributed by atoms with Crippen LogP contribution < -0.4 is 0 Å². The van der Waals surface area contributed by atoms with Crippen molar-refractivity contribution in [2.75, 3.05) is 0 Å². The van der Waals surface area contributed by atoms with Crippen LogP contribution >= 0.6 is 0 Å². The lowest BCUT2D eigenvalue weighted by Crippen LogP contribution is -2.15. The van der Waals surface area contributed by atoms with Gasteiger partial charge in [0, 0.05) is 5.92 Å². The van der Waals surface area contributed by atoms with E-state index in [0.717, 1.165) is 18.4 Å². The molecule has 1 aliphatic rings. The lowest BCUT2D eigenvalue weighted by Gasteiger charge is -2.22. The zero-order valence-electron chi connectivity index (χ0n) is 13.7. The predicted molar refractivity (Wildman–Crippen MR) is 92.1 cm³/mol. The van der Waals surface area contributed by atoms with E-state index in [2.05, 4.69) is 31.2 Å². The number of unbranched alkanes of at least 4 members (excludes halogenated alkanes) is 2. The van der Waals surface area contributed by atoms with Crippen molar-refractivity contribution in [2.45, 2.75) is 44.6 Å². The van der Waals surface area contributed by atoms with Gasteiger partial charge in [-0.15, -0.1) is 0 Å². The van der Waals surface area contributed by atoms with Crippen LogP contribution in [0.2, 0.25) is 0 Å². The Morgan fingerprint density at radius 1 is 0.870 bits per heavy atom. The van der Waals surface area contributed by atoms with Crippen LogP contribution in [0.25, 0.3) is 0 Å². The Balaban J connectivity index is 1.91. The average Bonchev–Trinajstić information content (AvgIpc) is 2.93. The number of benzene rings is 2. The second-order valence-corrected chi connectivity index (χ2v) is 6.31. The molecular formula is C21H24O2. The van der Waals surface area contributed by atoms with E-state index in [1.54, 1.807) is 0 Å². The largest absolute Gasteiger partial charge is 0.457 e. The summed E-state index contributed by atoms with van der Waals surface area (Å²) in [6.07, 6.45) is 4.16. The molecule has 3 atom stereocenters. The molecule has 2 aromatic rings. The minimum absolute atomic E-state index is 0.0332. The molecule has 2 aromatic carbocycles. The highest BCUT2D eigenvalue weighted by Crippen LogP contribution is 2.47. The number of hydrogen-bond acceptors (Lipinski definition) is 2. The minimum Gasteiger partial charge on any atom is -0.457 e. The van der Waals surface area contributed by atoms with Crippen LogP contribution in [0.5, 0.6) is 0 Å². The van der Waals surface area contributed by atoms with Gasteiger partial charge in [0.1, 0.15) is 6.10 Å². The Morgan fingerprint density at radius 2 is 1.48 bits per heavy atom. The van der Waals surface area contributed by atoms with E-state index < -0.39 is 0 Å². The van der Waals surface area contributed by atoms with Crippen LogP contribution in [0.15, 0.2) is 60.7 Å². The maximum atomic E-state index is 12.5. The van der Waals surface area contributed by atoms with Crippen molar-refractivity contribution < 1.29 is 9.53 Å². The molecule has 1 heterocycles. The monoisotopic (exact) mass is 308 g/mol. The third-order valence-electron chi connectivity index (χ3n) is 4.74. The molecular weight excluding hydrogens is 284 g/mol. The summed E-state index contributed by atoms with van der Waals surface area (Å²) in [6.45, 7) is 2.19. The molecule has 3 rings (SSSR count). The lowest BCUT2D eigenvalue weighted by atomic mass is 9.79. The van der Waals surface area contributed by atoms with Crippen LogP contribution in [0.3, 0.4) is 0 Å². The minimum atomic E-state index is -0.169. The van der Waals surface area contributed by atoms with Gasteiger partial charge in [-0.2, -0.15) is 0 Å².